The van der Waals surface area contributed by atoms with Crippen LogP contribution >= 0.6 is 0 Å². The van der Waals surface area contributed by atoms with Crippen molar-refractivity contribution in [3.63, 3.8) is 0 Å². The number of aryl methyl sites for hydroxylation is 1. The molecule has 2 aliphatic rings. The number of likely N-dealkylation sites (tertiary alicyclic amines) is 1. The molecule has 0 bridgehead atoms. The van der Waals surface area contributed by atoms with Crippen molar-refractivity contribution < 1.29 is 4.39 Å². The number of allylic oxidation sites excluding steroid dienone is 3. The zero-order chi connectivity index (χ0) is 33.4. The molecule has 2 heterocycles. The Hall–Kier alpha value is -3.89. The summed E-state index contributed by atoms with van der Waals surface area (Å²) in [4.78, 5) is 16.6. The second-order valence-corrected chi connectivity index (χ2v) is 14.8. The number of fused-ring (bicyclic) bond motifs is 1. The smallest absolute Gasteiger partial charge is 0.127 e. The van der Waals surface area contributed by atoms with Gasteiger partial charge in [0.1, 0.15) is 11.6 Å². The highest BCUT2D eigenvalue weighted by molar-refractivity contribution is 5.81. The van der Waals surface area contributed by atoms with E-state index in [2.05, 4.69) is 66.7 Å². The van der Waals surface area contributed by atoms with Gasteiger partial charge in [0.05, 0.1) is 29.2 Å². The van der Waals surface area contributed by atoms with Crippen molar-refractivity contribution in [2.75, 3.05) is 19.6 Å². The van der Waals surface area contributed by atoms with Crippen LogP contribution < -0.4 is 0 Å². The summed E-state index contributed by atoms with van der Waals surface area (Å²) in [6.07, 6.45) is 13.3. The van der Waals surface area contributed by atoms with Crippen LogP contribution in [0.5, 0.6) is 0 Å². The first kappa shape index (κ1) is 34.4. The van der Waals surface area contributed by atoms with Gasteiger partial charge in [-0.2, -0.15) is 5.26 Å². The van der Waals surface area contributed by atoms with Crippen molar-refractivity contribution in [1.82, 2.24) is 14.5 Å². The highest BCUT2D eigenvalue weighted by Gasteiger charge is 2.24. The Morgan fingerprint density at radius 1 is 1.09 bits per heavy atom. The van der Waals surface area contributed by atoms with E-state index in [-0.39, 0.29) is 11.2 Å². The second-order valence-electron chi connectivity index (χ2n) is 14.8. The zero-order valence-corrected chi connectivity index (χ0v) is 28.6. The molecule has 1 aliphatic heterocycles. The quantitative estimate of drug-likeness (QED) is 0.176. The molecule has 1 aromatic heterocycles. The molecule has 0 atom stereocenters. The van der Waals surface area contributed by atoms with Gasteiger partial charge in [-0.3, -0.25) is 14.9 Å². The molecule has 2 aromatic carbocycles. The number of aromatic nitrogens is 2. The molecule has 248 valence electrons. The highest BCUT2D eigenvalue weighted by atomic mass is 19.1. The number of imidazole rings is 1. The molecule has 0 radical (unpaired) electrons. The zero-order valence-electron chi connectivity index (χ0n) is 28.6. The van der Waals surface area contributed by atoms with Crippen molar-refractivity contribution in [2.45, 2.75) is 91.6 Å². The Bertz CT molecular complexity index is 1650. The predicted octanol–water partition coefficient (Wildman–Crippen LogP) is 9.19. The van der Waals surface area contributed by atoms with Crippen LogP contribution in [0.25, 0.3) is 16.6 Å². The van der Waals surface area contributed by atoms with E-state index in [1.165, 1.54) is 54.2 Å². The van der Waals surface area contributed by atoms with Crippen LogP contribution in [-0.4, -0.2) is 47.0 Å². The monoisotopic (exact) mass is 634 g/mol. The fourth-order valence-corrected chi connectivity index (χ4v) is 7.08. The lowest BCUT2D eigenvalue weighted by molar-refractivity contribution is 0.175. The van der Waals surface area contributed by atoms with E-state index in [1.807, 2.05) is 18.4 Å². The minimum absolute atomic E-state index is 0.205. The molecular weight excluding hydrogens is 583 g/mol. The second kappa shape index (κ2) is 15.8. The molecule has 1 saturated carbocycles. The summed E-state index contributed by atoms with van der Waals surface area (Å²) >= 11 is 0. The third-order valence-electron chi connectivity index (χ3n) is 9.74. The predicted molar refractivity (Wildman–Crippen MR) is 193 cm³/mol. The molecule has 6 nitrogen and oxygen atoms in total. The SMILES string of the molecule is C=N/C(=C\C=N/CC1CCN(Cc2nc3ccc(C(=C)CC(C)(C)C)cc3n2CC2CCCC2)CC1)CCc1ccc(C#N)cc1F. The number of piperidine rings is 1. The maximum atomic E-state index is 14.2. The molecule has 47 heavy (non-hydrogen) atoms. The van der Waals surface area contributed by atoms with Crippen LogP contribution in [0.2, 0.25) is 0 Å². The Kier molecular flexibility index (Phi) is 11.6. The van der Waals surface area contributed by atoms with E-state index in [1.54, 1.807) is 12.1 Å². The fraction of sp³-hybridized carbons (Fsp3) is 0.500. The van der Waals surface area contributed by atoms with Gasteiger partial charge in [0.25, 0.3) is 0 Å². The minimum Gasteiger partial charge on any atom is -0.327 e. The maximum absolute atomic E-state index is 14.2. The Morgan fingerprint density at radius 2 is 1.85 bits per heavy atom. The van der Waals surface area contributed by atoms with Crippen LogP contribution in [0.3, 0.4) is 0 Å². The fourth-order valence-electron chi connectivity index (χ4n) is 7.08. The summed E-state index contributed by atoms with van der Waals surface area (Å²) in [7, 11) is 0. The standard InChI is InChI=1S/C40H51FN6/c1-29(24-40(2,3)4)34-13-15-37-38(23-34)47(27-31-8-6-7-9-31)39(45-37)28-46-20-17-30(18-21-46)26-44-19-16-35(43-5)14-12-33-11-10-32(25-42)22-36(33)41/h10-11,13,15-16,19,22-23,30-31H,1,5-9,12,14,17-18,20-21,24,26-28H2,2-4H3/b35-16-,44-19-. The van der Waals surface area contributed by atoms with E-state index < -0.39 is 0 Å². The van der Waals surface area contributed by atoms with Gasteiger partial charge in [-0.25, -0.2) is 9.37 Å². The molecule has 7 heteroatoms. The summed E-state index contributed by atoms with van der Waals surface area (Å²) in [5.74, 6) is 2.12. The van der Waals surface area contributed by atoms with Gasteiger partial charge in [0.15, 0.2) is 0 Å². The number of halogens is 1. The summed E-state index contributed by atoms with van der Waals surface area (Å²) in [6.45, 7) is 19.8. The summed E-state index contributed by atoms with van der Waals surface area (Å²) in [5, 5.41) is 8.95. The number of nitrogens with zero attached hydrogens (tertiary/aromatic N) is 6. The largest absolute Gasteiger partial charge is 0.327 e. The number of hydrogen-bond acceptors (Lipinski definition) is 5. The van der Waals surface area contributed by atoms with E-state index in [0.29, 0.717) is 29.9 Å². The van der Waals surface area contributed by atoms with Crippen LogP contribution in [-0.2, 0) is 19.5 Å². The summed E-state index contributed by atoms with van der Waals surface area (Å²) in [6, 6.07) is 13.3. The van der Waals surface area contributed by atoms with E-state index in [0.717, 1.165) is 69.1 Å². The highest BCUT2D eigenvalue weighted by Crippen LogP contribution is 2.33. The van der Waals surface area contributed by atoms with E-state index >= 15 is 0 Å². The summed E-state index contributed by atoms with van der Waals surface area (Å²) < 4.78 is 16.8. The van der Waals surface area contributed by atoms with Gasteiger partial charge in [0.2, 0.25) is 0 Å². The first-order chi connectivity index (χ1) is 22.6. The number of hydrogen-bond donors (Lipinski definition) is 0. The lowest BCUT2D eigenvalue weighted by atomic mass is 9.86. The molecule has 5 rings (SSSR count). The molecule has 0 amide bonds. The van der Waals surface area contributed by atoms with Crippen molar-refractivity contribution in [1.29, 1.82) is 5.26 Å². The van der Waals surface area contributed by atoms with Crippen LogP contribution in [0.15, 0.2) is 64.7 Å². The molecule has 2 fully saturated rings. The Labute approximate surface area is 280 Å². The number of aliphatic imine (C=N–C) groups is 2. The van der Waals surface area contributed by atoms with E-state index in [9.17, 15) is 4.39 Å². The first-order valence-electron chi connectivity index (χ1n) is 17.4. The van der Waals surface area contributed by atoms with Gasteiger partial charge in [0, 0.05) is 25.0 Å². The molecule has 3 aromatic rings. The van der Waals surface area contributed by atoms with Crippen LogP contribution in [0, 0.1) is 34.4 Å². The number of benzene rings is 2. The normalized spacial score (nSPS) is 17.1. The van der Waals surface area contributed by atoms with Crippen molar-refractivity contribution >= 4 is 29.5 Å². The molecule has 0 spiro atoms. The van der Waals surface area contributed by atoms with Crippen molar-refractivity contribution in [3.05, 3.63) is 83.1 Å². The topological polar surface area (TPSA) is 69.6 Å². The summed E-state index contributed by atoms with van der Waals surface area (Å²) in [5.41, 5.74) is 6.67. The lowest BCUT2D eigenvalue weighted by Gasteiger charge is -2.31. The van der Waals surface area contributed by atoms with Gasteiger partial charge in [-0.1, -0.05) is 52.3 Å². The number of nitriles is 1. The molecule has 0 unspecified atom stereocenters. The van der Waals surface area contributed by atoms with Crippen molar-refractivity contribution in [2.24, 2.45) is 27.2 Å². The van der Waals surface area contributed by atoms with Gasteiger partial charge in [-0.05, 0) is 129 Å². The third-order valence-corrected chi connectivity index (χ3v) is 9.74. The average molecular weight is 635 g/mol. The van der Waals surface area contributed by atoms with E-state index in [4.69, 9.17) is 15.2 Å². The van der Waals surface area contributed by atoms with Gasteiger partial charge >= 0.3 is 0 Å². The average Bonchev–Trinajstić information content (AvgIpc) is 3.69. The molecule has 0 N–H and O–H groups in total. The maximum Gasteiger partial charge on any atom is 0.127 e. The third kappa shape index (κ3) is 9.58. The first-order valence-corrected chi connectivity index (χ1v) is 17.4. The van der Waals surface area contributed by atoms with Crippen LogP contribution in [0.1, 0.15) is 94.7 Å². The van der Waals surface area contributed by atoms with Gasteiger partial charge < -0.3 is 4.57 Å². The minimum atomic E-state index is -0.356. The van der Waals surface area contributed by atoms with Gasteiger partial charge in [-0.15, -0.1) is 0 Å². The molecular formula is C40H51FN6. The molecule has 1 aliphatic carbocycles. The molecule has 1 saturated heterocycles. The number of rotatable bonds is 13. The van der Waals surface area contributed by atoms with Crippen molar-refractivity contribution in [3.8, 4) is 6.07 Å². The lowest BCUT2D eigenvalue weighted by Crippen LogP contribution is -2.35. The Morgan fingerprint density at radius 3 is 2.53 bits per heavy atom. The Balaban J connectivity index is 1.16. The van der Waals surface area contributed by atoms with Crippen LogP contribution in [0.4, 0.5) is 4.39 Å².